The lowest BCUT2D eigenvalue weighted by Crippen LogP contribution is -2.24. The van der Waals surface area contributed by atoms with Gasteiger partial charge in [-0.15, -0.1) is 0 Å². The smallest absolute Gasteiger partial charge is 0.262 e. The molecule has 0 atom stereocenters. The van der Waals surface area contributed by atoms with E-state index in [9.17, 15) is 14.4 Å². The van der Waals surface area contributed by atoms with Crippen LogP contribution in [0, 0.1) is 0 Å². The van der Waals surface area contributed by atoms with Gasteiger partial charge in [-0.1, -0.05) is 43.0 Å². The van der Waals surface area contributed by atoms with E-state index in [-0.39, 0.29) is 23.0 Å². The summed E-state index contributed by atoms with van der Waals surface area (Å²) in [6.45, 7) is 2.10. The zero-order valence-corrected chi connectivity index (χ0v) is 20.3. The van der Waals surface area contributed by atoms with E-state index >= 15 is 0 Å². The average Bonchev–Trinajstić information content (AvgIpc) is 2.90. The van der Waals surface area contributed by atoms with Crippen LogP contribution in [0.1, 0.15) is 29.3 Å². The Morgan fingerprint density at radius 3 is 2.40 bits per heavy atom. The molecule has 4 aromatic rings. The van der Waals surface area contributed by atoms with Crippen LogP contribution in [0.15, 0.2) is 82.7 Å². The first-order valence-electron chi connectivity index (χ1n) is 11.2. The molecule has 3 aromatic carbocycles. The summed E-state index contributed by atoms with van der Waals surface area (Å²) in [4.78, 5) is 42.4. The highest BCUT2D eigenvalue weighted by Gasteiger charge is 2.15. The first-order chi connectivity index (χ1) is 17.0. The van der Waals surface area contributed by atoms with Crippen molar-refractivity contribution in [1.29, 1.82) is 0 Å². The van der Waals surface area contributed by atoms with Gasteiger partial charge in [0.1, 0.15) is 5.75 Å². The Balaban J connectivity index is 1.57. The largest absolute Gasteiger partial charge is 0.497 e. The predicted octanol–water partition coefficient (Wildman–Crippen LogP) is 4.78. The number of methoxy groups -OCH3 is 1. The number of aromatic nitrogens is 2. The van der Waals surface area contributed by atoms with E-state index in [4.69, 9.17) is 4.74 Å². The third-order valence-corrected chi connectivity index (χ3v) is 6.45. The summed E-state index contributed by atoms with van der Waals surface area (Å²) in [5, 5.41) is 3.77. The molecule has 0 aliphatic rings. The predicted molar refractivity (Wildman–Crippen MR) is 139 cm³/mol. The molecule has 1 N–H and O–H groups in total. The molecule has 1 aromatic heterocycles. The second-order valence-corrected chi connectivity index (χ2v) is 8.78. The number of hydrogen-bond acceptors (Lipinski definition) is 6. The minimum absolute atomic E-state index is 0.0863. The van der Waals surface area contributed by atoms with E-state index in [1.165, 1.54) is 11.8 Å². The summed E-state index contributed by atoms with van der Waals surface area (Å²) in [7, 11) is 1.60. The molecule has 0 saturated heterocycles. The molecule has 1 amide bonds. The van der Waals surface area contributed by atoms with Gasteiger partial charge in [-0.2, -0.15) is 0 Å². The summed E-state index contributed by atoms with van der Waals surface area (Å²) in [6.07, 6.45) is 0.383. The van der Waals surface area contributed by atoms with Crippen LogP contribution in [0.4, 0.5) is 5.69 Å². The minimum atomic E-state index is -0.155. The molecule has 35 heavy (non-hydrogen) atoms. The highest BCUT2D eigenvalue weighted by atomic mass is 32.2. The number of amides is 1. The van der Waals surface area contributed by atoms with Gasteiger partial charge in [0.15, 0.2) is 10.9 Å². The van der Waals surface area contributed by atoms with Crippen molar-refractivity contribution in [2.24, 2.45) is 0 Å². The first kappa shape index (κ1) is 24.2. The SMILES string of the molecule is CCC(=O)Nc1ccc(C(=O)CSc2nc3ccccc3c(=O)n2Cc2ccc(OC)cc2)cc1. The summed E-state index contributed by atoms with van der Waals surface area (Å²) in [5.41, 5.74) is 2.53. The number of carbonyl (C=O) groups is 2. The zero-order valence-electron chi connectivity index (χ0n) is 19.5. The fraction of sp³-hybridized carbons (Fsp3) is 0.185. The number of rotatable bonds is 9. The van der Waals surface area contributed by atoms with E-state index < -0.39 is 0 Å². The summed E-state index contributed by atoms with van der Waals surface area (Å²) in [5.74, 6) is 0.672. The molecule has 0 unspecified atom stereocenters. The van der Waals surface area contributed by atoms with Crippen molar-refractivity contribution in [1.82, 2.24) is 9.55 Å². The maximum atomic E-state index is 13.3. The Morgan fingerprint density at radius 2 is 1.71 bits per heavy atom. The van der Waals surface area contributed by atoms with Gasteiger partial charge in [-0.05, 0) is 54.1 Å². The van der Waals surface area contributed by atoms with E-state index in [1.54, 1.807) is 55.0 Å². The monoisotopic (exact) mass is 487 g/mol. The molecule has 1 heterocycles. The van der Waals surface area contributed by atoms with Crippen molar-refractivity contribution in [3.05, 3.63) is 94.3 Å². The second kappa shape index (κ2) is 11.0. The maximum absolute atomic E-state index is 13.3. The van der Waals surface area contributed by atoms with Gasteiger partial charge in [0, 0.05) is 17.7 Å². The Morgan fingerprint density at radius 1 is 1.00 bits per heavy atom. The number of carbonyl (C=O) groups excluding carboxylic acids is 2. The number of hydrogen-bond donors (Lipinski definition) is 1. The summed E-state index contributed by atoms with van der Waals surface area (Å²) < 4.78 is 6.82. The molecule has 7 nitrogen and oxygen atoms in total. The minimum Gasteiger partial charge on any atom is -0.497 e. The molecule has 8 heteroatoms. The molecule has 0 radical (unpaired) electrons. The first-order valence-corrected chi connectivity index (χ1v) is 12.2. The zero-order chi connectivity index (χ0) is 24.8. The van der Waals surface area contributed by atoms with Gasteiger partial charge in [0.2, 0.25) is 5.91 Å². The lowest BCUT2D eigenvalue weighted by Gasteiger charge is -2.13. The van der Waals surface area contributed by atoms with Crippen LogP contribution in [-0.4, -0.2) is 34.1 Å². The molecular formula is C27H25N3O4S. The molecule has 0 bridgehead atoms. The van der Waals surface area contributed by atoms with Gasteiger partial charge in [0.25, 0.3) is 5.56 Å². The number of para-hydroxylation sites is 1. The number of nitrogens with zero attached hydrogens (tertiary/aromatic N) is 2. The Hall–Kier alpha value is -3.91. The number of anilines is 1. The molecule has 0 aliphatic carbocycles. The third-order valence-electron chi connectivity index (χ3n) is 5.47. The Bertz CT molecular complexity index is 1410. The molecule has 178 valence electrons. The van der Waals surface area contributed by atoms with E-state index in [0.29, 0.717) is 40.3 Å². The normalized spacial score (nSPS) is 10.8. The second-order valence-electron chi connectivity index (χ2n) is 7.84. The highest BCUT2D eigenvalue weighted by Crippen LogP contribution is 2.21. The Kier molecular flexibility index (Phi) is 7.62. The highest BCUT2D eigenvalue weighted by molar-refractivity contribution is 7.99. The molecule has 0 aliphatic heterocycles. The van der Waals surface area contributed by atoms with Crippen molar-refractivity contribution in [2.45, 2.75) is 25.0 Å². The van der Waals surface area contributed by atoms with Crippen molar-refractivity contribution < 1.29 is 14.3 Å². The van der Waals surface area contributed by atoms with E-state index in [0.717, 1.165) is 11.3 Å². The lowest BCUT2D eigenvalue weighted by molar-refractivity contribution is -0.115. The molecular weight excluding hydrogens is 462 g/mol. The van der Waals surface area contributed by atoms with Crippen LogP contribution in [0.25, 0.3) is 10.9 Å². The standard InChI is InChI=1S/C27H25N3O4S/c1-3-25(32)28-20-12-10-19(11-13-20)24(31)17-35-27-29-23-7-5-4-6-22(23)26(33)30(27)16-18-8-14-21(34-2)15-9-18/h4-15H,3,16-17H2,1-2H3,(H,28,32). The van der Waals surface area contributed by atoms with E-state index in [2.05, 4.69) is 10.3 Å². The van der Waals surface area contributed by atoms with Crippen LogP contribution < -0.4 is 15.6 Å². The lowest BCUT2D eigenvalue weighted by atomic mass is 10.1. The van der Waals surface area contributed by atoms with Crippen LogP contribution in [0.3, 0.4) is 0 Å². The molecule has 0 saturated carbocycles. The number of benzene rings is 3. The number of Topliss-reactive ketones (excluding diaryl/α,β-unsaturated/α-hetero) is 1. The van der Waals surface area contributed by atoms with Gasteiger partial charge in [-0.3, -0.25) is 19.0 Å². The van der Waals surface area contributed by atoms with Crippen molar-refractivity contribution in [3.63, 3.8) is 0 Å². The van der Waals surface area contributed by atoms with Crippen LogP contribution in [0.2, 0.25) is 0 Å². The van der Waals surface area contributed by atoms with Crippen LogP contribution in [-0.2, 0) is 11.3 Å². The molecule has 0 spiro atoms. The fourth-order valence-electron chi connectivity index (χ4n) is 3.51. The van der Waals surface area contributed by atoms with Gasteiger partial charge < -0.3 is 10.1 Å². The quantitative estimate of drug-likeness (QED) is 0.208. The van der Waals surface area contributed by atoms with Gasteiger partial charge in [0.05, 0.1) is 30.3 Å². The van der Waals surface area contributed by atoms with Crippen LogP contribution in [0.5, 0.6) is 5.75 Å². The van der Waals surface area contributed by atoms with Crippen molar-refractivity contribution in [2.75, 3.05) is 18.2 Å². The number of nitrogens with one attached hydrogen (secondary N) is 1. The third kappa shape index (κ3) is 5.78. The number of thioether (sulfide) groups is 1. The van der Waals surface area contributed by atoms with Crippen molar-refractivity contribution in [3.8, 4) is 5.75 Å². The average molecular weight is 488 g/mol. The van der Waals surface area contributed by atoms with Crippen LogP contribution >= 0.6 is 11.8 Å². The number of ether oxygens (including phenoxy) is 1. The molecule has 0 fully saturated rings. The van der Waals surface area contributed by atoms with Crippen molar-refractivity contribution >= 4 is 40.0 Å². The van der Waals surface area contributed by atoms with E-state index in [1.807, 2.05) is 36.4 Å². The summed E-state index contributed by atoms with van der Waals surface area (Å²) in [6, 6.07) is 21.5. The number of ketones is 1. The molecule has 4 rings (SSSR count). The maximum Gasteiger partial charge on any atom is 0.262 e. The fourth-order valence-corrected chi connectivity index (χ4v) is 4.41. The Labute approximate surface area is 207 Å². The topological polar surface area (TPSA) is 90.3 Å². The number of fused-ring (bicyclic) bond motifs is 1. The van der Waals surface area contributed by atoms with Gasteiger partial charge in [-0.25, -0.2) is 4.98 Å². The summed E-state index contributed by atoms with van der Waals surface area (Å²) >= 11 is 1.23. The van der Waals surface area contributed by atoms with Gasteiger partial charge >= 0.3 is 0 Å².